The predicted octanol–water partition coefficient (Wildman–Crippen LogP) is 0.353. The highest BCUT2D eigenvalue weighted by Crippen LogP contribution is 2.32. The Morgan fingerprint density at radius 1 is 1.50 bits per heavy atom. The van der Waals surface area contributed by atoms with E-state index in [0.717, 1.165) is 21.5 Å². The number of nitrogens with one attached hydrogen (secondary N) is 2. The second-order valence-electron chi connectivity index (χ2n) is 4.27. The topological polar surface area (TPSA) is 117 Å². The van der Waals surface area contributed by atoms with Crippen LogP contribution in [0.25, 0.3) is 0 Å². The van der Waals surface area contributed by atoms with Crippen LogP contribution in [-0.4, -0.2) is 47.7 Å². The number of sulfonamides is 1. The molecule has 2 aromatic rings. The summed E-state index contributed by atoms with van der Waals surface area (Å²) in [5.41, 5.74) is 6.63. The summed E-state index contributed by atoms with van der Waals surface area (Å²) in [6.45, 7) is 0.555. The average molecular weight is 316 g/mol. The van der Waals surface area contributed by atoms with Gasteiger partial charge in [0.2, 0.25) is 10.0 Å². The van der Waals surface area contributed by atoms with Crippen LogP contribution >= 0.6 is 11.5 Å². The van der Waals surface area contributed by atoms with Crippen LogP contribution < -0.4 is 11.1 Å². The molecule has 0 spiro atoms. The summed E-state index contributed by atoms with van der Waals surface area (Å²) in [5.74, 6) is 0.0211. The highest BCUT2D eigenvalue weighted by atomic mass is 32.2. The number of hydrogen-bond acceptors (Lipinski definition) is 7. The summed E-state index contributed by atoms with van der Waals surface area (Å²) in [4.78, 5) is 6.93. The lowest BCUT2D eigenvalue weighted by molar-refractivity contribution is 0.521. The minimum absolute atomic E-state index is 0.0211. The second kappa shape index (κ2) is 5.77. The van der Waals surface area contributed by atoms with Gasteiger partial charge in [0.15, 0.2) is 10.7 Å². The monoisotopic (exact) mass is 316 g/mol. The van der Waals surface area contributed by atoms with Gasteiger partial charge in [-0.1, -0.05) is 0 Å². The lowest BCUT2D eigenvalue weighted by Crippen LogP contribution is -2.23. The van der Waals surface area contributed by atoms with Gasteiger partial charge in [-0.15, -0.1) is 0 Å². The smallest absolute Gasteiger partial charge is 0.249 e. The van der Waals surface area contributed by atoms with Crippen molar-refractivity contribution in [1.29, 1.82) is 0 Å². The maximum absolute atomic E-state index is 12.2. The maximum atomic E-state index is 12.2. The van der Waals surface area contributed by atoms with Gasteiger partial charge in [-0.2, -0.15) is 4.37 Å². The molecule has 0 saturated heterocycles. The number of nitrogens with two attached hydrogens (primary N) is 1. The van der Waals surface area contributed by atoms with Crippen molar-refractivity contribution in [3.05, 3.63) is 18.2 Å². The van der Waals surface area contributed by atoms with E-state index < -0.39 is 10.0 Å². The van der Waals surface area contributed by atoms with Crippen molar-refractivity contribution in [3.63, 3.8) is 0 Å². The molecule has 20 heavy (non-hydrogen) atoms. The van der Waals surface area contributed by atoms with Crippen LogP contribution in [-0.2, 0) is 16.4 Å². The lowest BCUT2D eigenvalue weighted by Gasteiger charge is -2.12. The highest BCUT2D eigenvalue weighted by Gasteiger charge is 2.27. The van der Waals surface area contributed by atoms with E-state index in [-0.39, 0.29) is 10.7 Å². The molecule has 10 heteroatoms. The van der Waals surface area contributed by atoms with Crippen molar-refractivity contribution in [2.24, 2.45) is 0 Å². The zero-order valence-corrected chi connectivity index (χ0v) is 12.8. The minimum Gasteiger partial charge on any atom is -0.382 e. The summed E-state index contributed by atoms with van der Waals surface area (Å²) >= 11 is 1.04. The summed E-state index contributed by atoms with van der Waals surface area (Å²) in [5, 5.41) is 3.51. The molecule has 0 bridgehead atoms. The lowest BCUT2D eigenvalue weighted by atomic mass is 10.3. The molecule has 110 valence electrons. The zero-order chi connectivity index (χ0) is 14.8. The largest absolute Gasteiger partial charge is 0.382 e. The van der Waals surface area contributed by atoms with Crippen LogP contribution in [0.3, 0.4) is 0 Å². The van der Waals surface area contributed by atoms with Gasteiger partial charge >= 0.3 is 0 Å². The number of nitrogen functional groups attached to an aromatic ring is 1. The number of imidazole rings is 1. The van der Waals surface area contributed by atoms with Crippen LogP contribution in [0.15, 0.2) is 17.4 Å². The van der Waals surface area contributed by atoms with Crippen molar-refractivity contribution in [2.75, 3.05) is 31.7 Å². The van der Waals surface area contributed by atoms with E-state index in [9.17, 15) is 8.42 Å². The Labute approximate surface area is 121 Å². The van der Waals surface area contributed by atoms with Crippen molar-refractivity contribution >= 4 is 32.4 Å². The second-order valence-corrected chi connectivity index (χ2v) is 7.13. The van der Waals surface area contributed by atoms with Gasteiger partial charge in [-0.05, 0) is 11.5 Å². The van der Waals surface area contributed by atoms with Crippen LogP contribution in [0.1, 0.15) is 5.69 Å². The first-order chi connectivity index (χ1) is 9.43. The zero-order valence-electron chi connectivity index (χ0n) is 11.1. The molecule has 0 aliphatic rings. The van der Waals surface area contributed by atoms with Crippen LogP contribution in [0, 0.1) is 0 Å². The molecule has 0 atom stereocenters. The molecule has 0 aromatic carbocycles. The third-order valence-electron chi connectivity index (χ3n) is 2.65. The predicted molar refractivity (Wildman–Crippen MR) is 78.2 cm³/mol. The van der Waals surface area contributed by atoms with E-state index in [0.29, 0.717) is 18.0 Å². The van der Waals surface area contributed by atoms with E-state index in [4.69, 9.17) is 5.73 Å². The number of anilines is 2. The van der Waals surface area contributed by atoms with Gasteiger partial charge in [-0.3, -0.25) is 0 Å². The molecule has 2 heterocycles. The molecular weight excluding hydrogens is 300 g/mol. The number of aromatic amines is 1. The Morgan fingerprint density at radius 2 is 2.25 bits per heavy atom. The molecule has 4 N–H and O–H groups in total. The molecule has 2 rings (SSSR count). The summed E-state index contributed by atoms with van der Waals surface area (Å²) in [6.07, 6.45) is 4.02. The van der Waals surface area contributed by atoms with Crippen LogP contribution in [0.4, 0.5) is 10.8 Å². The molecule has 0 fully saturated rings. The standard InChI is InChI=1S/C10H16N6O2S2/c1-16(2)20(17,18)8-9(11)15-19-10(8)13-4-3-7-5-12-6-14-7/h5-6,13H,3-4H2,1-2H3,(H2,11,15)(H,12,14). The molecule has 0 radical (unpaired) electrons. The van der Waals surface area contributed by atoms with Gasteiger partial charge in [0.1, 0.15) is 5.00 Å². The molecule has 0 aliphatic heterocycles. The Morgan fingerprint density at radius 3 is 2.85 bits per heavy atom. The van der Waals surface area contributed by atoms with Crippen molar-refractivity contribution in [3.8, 4) is 0 Å². The Kier molecular flexibility index (Phi) is 4.26. The van der Waals surface area contributed by atoms with Crippen molar-refractivity contribution in [2.45, 2.75) is 11.3 Å². The molecule has 0 amide bonds. The van der Waals surface area contributed by atoms with Crippen LogP contribution in [0.5, 0.6) is 0 Å². The fraction of sp³-hybridized carbons (Fsp3) is 0.400. The fourth-order valence-electron chi connectivity index (χ4n) is 1.57. The number of hydrogen-bond donors (Lipinski definition) is 3. The Bertz CT molecular complexity index is 662. The number of aromatic nitrogens is 3. The van der Waals surface area contributed by atoms with E-state index >= 15 is 0 Å². The molecule has 8 nitrogen and oxygen atoms in total. The van der Waals surface area contributed by atoms with Crippen LogP contribution in [0.2, 0.25) is 0 Å². The van der Waals surface area contributed by atoms with Gasteiger partial charge in [0.05, 0.1) is 6.33 Å². The van der Waals surface area contributed by atoms with Gasteiger partial charge in [0.25, 0.3) is 0 Å². The normalized spacial score (nSPS) is 11.9. The minimum atomic E-state index is -3.61. The van der Waals surface area contributed by atoms with Gasteiger partial charge in [0, 0.05) is 39.0 Å². The fourth-order valence-corrected chi connectivity index (χ4v) is 3.67. The van der Waals surface area contributed by atoms with Crippen molar-refractivity contribution < 1.29 is 8.42 Å². The third kappa shape index (κ3) is 2.92. The van der Waals surface area contributed by atoms with Gasteiger partial charge in [-0.25, -0.2) is 17.7 Å². The molecule has 0 saturated carbocycles. The number of H-pyrrole nitrogens is 1. The molecular formula is C10H16N6O2S2. The van der Waals surface area contributed by atoms with Crippen molar-refractivity contribution in [1.82, 2.24) is 18.6 Å². The summed E-state index contributed by atoms with van der Waals surface area (Å²) < 4.78 is 29.4. The van der Waals surface area contributed by atoms with E-state index in [2.05, 4.69) is 19.7 Å². The summed E-state index contributed by atoms with van der Waals surface area (Å²) in [7, 11) is -0.687. The molecule has 0 aliphatic carbocycles. The van der Waals surface area contributed by atoms with E-state index in [1.165, 1.54) is 14.1 Å². The Balaban J connectivity index is 2.13. The first kappa shape index (κ1) is 14.8. The number of nitrogens with zero attached hydrogens (tertiary/aromatic N) is 3. The summed E-state index contributed by atoms with van der Waals surface area (Å²) in [6, 6.07) is 0. The van der Waals surface area contributed by atoms with E-state index in [1.54, 1.807) is 12.5 Å². The maximum Gasteiger partial charge on any atom is 0.249 e. The third-order valence-corrected chi connectivity index (χ3v) is 5.49. The SMILES string of the molecule is CN(C)S(=O)(=O)c1c(N)nsc1NCCc1cnc[nH]1. The molecule has 0 unspecified atom stereocenters. The first-order valence-electron chi connectivity index (χ1n) is 5.81. The van der Waals surface area contributed by atoms with E-state index in [1.807, 2.05) is 0 Å². The number of rotatable bonds is 6. The Hall–Kier alpha value is -1.65. The first-order valence-corrected chi connectivity index (χ1v) is 8.03. The quantitative estimate of drug-likeness (QED) is 0.708. The van der Waals surface area contributed by atoms with Gasteiger partial charge < -0.3 is 16.0 Å². The average Bonchev–Trinajstić information content (AvgIpc) is 2.99. The molecule has 2 aromatic heterocycles. The highest BCUT2D eigenvalue weighted by molar-refractivity contribution is 7.89.